The second-order valence-electron chi connectivity index (χ2n) is 4.89. The summed E-state index contributed by atoms with van der Waals surface area (Å²) in [5.41, 5.74) is 6.53. The molecule has 0 saturated heterocycles. The first-order valence-corrected chi connectivity index (χ1v) is 6.38. The van der Waals surface area contributed by atoms with Gasteiger partial charge in [0.05, 0.1) is 17.9 Å². The first-order chi connectivity index (χ1) is 8.15. The minimum atomic E-state index is 0.124. The van der Waals surface area contributed by atoms with E-state index in [2.05, 4.69) is 0 Å². The molecule has 94 valence electrons. The van der Waals surface area contributed by atoms with E-state index < -0.39 is 0 Å². The number of nitrogens with two attached hydrogens (primary N) is 1. The predicted molar refractivity (Wildman–Crippen MR) is 69.5 cm³/mol. The van der Waals surface area contributed by atoms with Gasteiger partial charge in [-0.2, -0.15) is 0 Å². The first kappa shape index (κ1) is 12.1. The Bertz CT molecular complexity index is 370. The largest absolute Gasteiger partial charge is 0.490 e. The van der Waals surface area contributed by atoms with Gasteiger partial charge in [-0.3, -0.25) is 0 Å². The second-order valence-corrected chi connectivity index (χ2v) is 4.89. The van der Waals surface area contributed by atoms with Gasteiger partial charge in [0.25, 0.3) is 0 Å². The summed E-state index contributed by atoms with van der Waals surface area (Å²) in [5.74, 6) is 1.58. The van der Waals surface area contributed by atoms with Crippen molar-refractivity contribution in [2.24, 2.45) is 0 Å². The molecule has 0 spiro atoms. The molecule has 17 heavy (non-hydrogen) atoms. The fourth-order valence-corrected chi connectivity index (χ4v) is 2.14. The SMILES string of the molecule is CC(C)Oc1cc(OC2CCCC2)ccc1N. The van der Waals surface area contributed by atoms with Gasteiger partial charge in [-0.15, -0.1) is 0 Å². The Morgan fingerprint density at radius 3 is 2.59 bits per heavy atom. The van der Waals surface area contributed by atoms with Crippen LogP contribution in [0.25, 0.3) is 0 Å². The van der Waals surface area contributed by atoms with Crippen LogP contribution in [-0.4, -0.2) is 12.2 Å². The van der Waals surface area contributed by atoms with Crippen molar-refractivity contribution in [2.75, 3.05) is 5.73 Å². The van der Waals surface area contributed by atoms with Crippen molar-refractivity contribution in [3.63, 3.8) is 0 Å². The van der Waals surface area contributed by atoms with Crippen LogP contribution < -0.4 is 15.2 Å². The Kier molecular flexibility index (Phi) is 3.77. The summed E-state index contributed by atoms with van der Waals surface area (Å²) >= 11 is 0. The van der Waals surface area contributed by atoms with Crippen LogP contribution in [-0.2, 0) is 0 Å². The van der Waals surface area contributed by atoms with E-state index in [1.165, 1.54) is 12.8 Å². The maximum Gasteiger partial charge on any atom is 0.146 e. The van der Waals surface area contributed by atoms with Gasteiger partial charge < -0.3 is 15.2 Å². The van der Waals surface area contributed by atoms with Crippen LogP contribution in [0.5, 0.6) is 11.5 Å². The molecule has 3 heteroatoms. The molecule has 1 aliphatic carbocycles. The lowest BCUT2D eigenvalue weighted by molar-refractivity contribution is 0.206. The topological polar surface area (TPSA) is 44.5 Å². The molecule has 0 bridgehead atoms. The highest BCUT2D eigenvalue weighted by molar-refractivity contribution is 5.55. The zero-order chi connectivity index (χ0) is 12.3. The normalized spacial score (nSPS) is 16.4. The van der Waals surface area contributed by atoms with Crippen molar-refractivity contribution in [3.05, 3.63) is 18.2 Å². The molecule has 0 aromatic heterocycles. The number of nitrogen functional groups attached to an aromatic ring is 1. The molecule has 0 atom stereocenters. The summed E-state index contributed by atoms with van der Waals surface area (Å²) in [6, 6.07) is 5.66. The summed E-state index contributed by atoms with van der Waals surface area (Å²) in [5, 5.41) is 0. The molecule has 0 amide bonds. The Balaban J connectivity index is 2.06. The van der Waals surface area contributed by atoms with E-state index in [0.29, 0.717) is 11.8 Å². The Hall–Kier alpha value is -1.38. The lowest BCUT2D eigenvalue weighted by Gasteiger charge is -2.16. The van der Waals surface area contributed by atoms with Crippen molar-refractivity contribution in [3.8, 4) is 11.5 Å². The zero-order valence-electron chi connectivity index (χ0n) is 10.6. The molecule has 1 aliphatic rings. The highest BCUT2D eigenvalue weighted by Crippen LogP contribution is 2.30. The molecule has 1 saturated carbocycles. The van der Waals surface area contributed by atoms with Crippen LogP contribution in [0.15, 0.2) is 18.2 Å². The quantitative estimate of drug-likeness (QED) is 0.814. The van der Waals surface area contributed by atoms with Crippen LogP contribution in [0, 0.1) is 0 Å². The Morgan fingerprint density at radius 2 is 1.94 bits per heavy atom. The van der Waals surface area contributed by atoms with E-state index in [1.54, 1.807) is 0 Å². The Labute approximate surface area is 103 Å². The fourth-order valence-electron chi connectivity index (χ4n) is 2.14. The molecule has 3 nitrogen and oxygen atoms in total. The maximum atomic E-state index is 5.92. The van der Waals surface area contributed by atoms with Gasteiger partial charge in [-0.25, -0.2) is 0 Å². The maximum absolute atomic E-state index is 5.92. The van der Waals surface area contributed by atoms with Crippen molar-refractivity contribution in [2.45, 2.75) is 51.7 Å². The Morgan fingerprint density at radius 1 is 1.24 bits per heavy atom. The van der Waals surface area contributed by atoms with E-state index in [-0.39, 0.29) is 6.10 Å². The lowest BCUT2D eigenvalue weighted by atomic mass is 10.2. The lowest BCUT2D eigenvalue weighted by Crippen LogP contribution is -2.12. The van der Waals surface area contributed by atoms with Gasteiger partial charge in [0, 0.05) is 6.07 Å². The van der Waals surface area contributed by atoms with E-state index in [4.69, 9.17) is 15.2 Å². The van der Waals surface area contributed by atoms with E-state index in [1.807, 2.05) is 32.0 Å². The molecule has 1 aromatic carbocycles. The number of ether oxygens (including phenoxy) is 2. The van der Waals surface area contributed by atoms with Crippen LogP contribution >= 0.6 is 0 Å². The molecule has 0 heterocycles. The highest BCUT2D eigenvalue weighted by atomic mass is 16.5. The molecule has 0 radical (unpaired) electrons. The fraction of sp³-hybridized carbons (Fsp3) is 0.571. The van der Waals surface area contributed by atoms with Crippen molar-refractivity contribution < 1.29 is 9.47 Å². The molecular formula is C14H21NO2. The third-order valence-corrected chi connectivity index (χ3v) is 2.95. The number of rotatable bonds is 4. The van der Waals surface area contributed by atoms with Gasteiger partial charge >= 0.3 is 0 Å². The monoisotopic (exact) mass is 235 g/mol. The van der Waals surface area contributed by atoms with Gasteiger partial charge in [0.1, 0.15) is 11.5 Å². The van der Waals surface area contributed by atoms with Crippen LogP contribution in [0.3, 0.4) is 0 Å². The van der Waals surface area contributed by atoms with E-state index >= 15 is 0 Å². The standard InChI is InChI=1S/C14H21NO2/c1-10(2)16-14-9-12(7-8-13(14)15)17-11-5-3-4-6-11/h7-11H,3-6,15H2,1-2H3. The van der Waals surface area contributed by atoms with Crippen LogP contribution in [0.2, 0.25) is 0 Å². The van der Waals surface area contributed by atoms with Gasteiger partial charge in [-0.1, -0.05) is 0 Å². The zero-order valence-corrected chi connectivity index (χ0v) is 10.6. The molecule has 0 aliphatic heterocycles. The second kappa shape index (κ2) is 5.30. The molecule has 1 aromatic rings. The molecule has 0 unspecified atom stereocenters. The van der Waals surface area contributed by atoms with Crippen molar-refractivity contribution >= 4 is 5.69 Å². The molecule has 2 N–H and O–H groups in total. The molecular weight excluding hydrogens is 214 g/mol. The van der Waals surface area contributed by atoms with Gasteiger partial charge in [0.2, 0.25) is 0 Å². The summed E-state index contributed by atoms with van der Waals surface area (Å²) in [4.78, 5) is 0. The third-order valence-electron chi connectivity index (χ3n) is 2.95. The van der Waals surface area contributed by atoms with E-state index in [0.717, 1.165) is 24.3 Å². The number of hydrogen-bond donors (Lipinski definition) is 1. The average Bonchev–Trinajstić information content (AvgIpc) is 2.75. The van der Waals surface area contributed by atoms with Crippen molar-refractivity contribution in [1.29, 1.82) is 0 Å². The van der Waals surface area contributed by atoms with Crippen molar-refractivity contribution in [1.82, 2.24) is 0 Å². The predicted octanol–water partition coefficient (Wildman–Crippen LogP) is 3.38. The van der Waals surface area contributed by atoms with Crippen LogP contribution in [0.1, 0.15) is 39.5 Å². The third kappa shape index (κ3) is 3.29. The summed E-state index contributed by atoms with van der Waals surface area (Å²) in [6.07, 6.45) is 5.35. The highest BCUT2D eigenvalue weighted by Gasteiger charge is 2.17. The van der Waals surface area contributed by atoms with Gasteiger partial charge in [-0.05, 0) is 51.7 Å². The van der Waals surface area contributed by atoms with Gasteiger partial charge in [0.15, 0.2) is 0 Å². The number of benzene rings is 1. The smallest absolute Gasteiger partial charge is 0.146 e. The summed E-state index contributed by atoms with van der Waals surface area (Å²) in [6.45, 7) is 3.98. The molecule has 1 fully saturated rings. The van der Waals surface area contributed by atoms with E-state index in [9.17, 15) is 0 Å². The number of hydrogen-bond acceptors (Lipinski definition) is 3. The summed E-state index contributed by atoms with van der Waals surface area (Å²) < 4.78 is 11.6. The van der Waals surface area contributed by atoms with Crippen LogP contribution in [0.4, 0.5) is 5.69 Å². The minimum Gasteiger partial charge on any atom is -0.490 e. The number of anilines is 1. The first-order valence-electron chi connectivity index (χ1n) is 6.38. The minimum absolute atomic E-state index is 0.124. The summed E-state index contributed by atoms with van der Waals surface area (Å²) in [7, 11) is 0. The average molecular weight is 235 g/mol. The molecule has 2 rings (SSSR count).